The van der Waals surface area contributed by atoms with Gasteiger partial charge in [0, 0.05) is 19.6 Å². The van der Waals surface area contributed by atoms with E-state index in [-0.39, 0.29) is 6.54 Å². The van der Waals surface area contributed by atoms with Gasteiger partial charge in [-0.2, -0.15) is 4.98 Å². The maximum atomic E-state index is 9.59. The molecule has 0 saturated carbocycles. The fourth-order valence-corrected chi connectivity index (χ4v) is 1.85. The zero-order chi connectivity index (χ0) is 10.8. The Hall–Kier alpha value is -1.07. The molecule has 1 fully saturated rings. The van der Waals surface area contributed by atoms with E-state index in [4.69, 9.17) is 10.2 Å². The van der Waals surface area contributed by atoms with Crippen molar-refractivity contribution in [1.29, 1.82) is 0 Å². The molecule has 1 aliphatic heterocycles. The number of oxazole rings is 1. The average molecular weight is 211 g/mol. The summed E-state index contributed by atoms with van der Waals surface area (Å²) in [6.07, 6.45) is 1.61. The minimum Gasteiger partial charge on any atom is -0.425 e. The molecule has 1 unspecified atom stereocenters. The van der Waals surface area contributed by atoms with E-state index in [0.717, 1.165) is 18.8 Å². The SMILES string of the molecule is Cc1nc(N2CCCC2)oc1C(O)CN. The Labute approximate surface area is 88.9 Å². The number of aliphatic hydroxyl groups is 1. The Balaban J connectivity index is 2.20. The van der Waals surface area contributed by atoms with Gasteiger partial charge >= 0.3 is 0 Å². The summed E-state index contributed by atoms with van der Waals surface area (Å²) >= 11 is 0. The third-order valence-corrected chi connectivity index (χ3v) is 2.72. The van der Waals surface area contributed by atoms with Gasteiger partial charge in [0.25, 0.3) is 6.01 Å². The van der Waals surface area contributed by atoms with Crippen LogP contribution in [0.4, 0.5) is 6.01 Å². The summed E-state index contributed by atoms with van der Waals surface area (Å²) in [6.45, 7) is 3.96. The quantitative estimate of drug-likeness (QED) is 0.764. The van der Waals surface area contributed by atoms with Gasteiger partial charge in [-0.05, 0) is 19.8 Å². The topological polar surface area (TPSA) is 75.5 Å². The lowest BCUT2D eigenvalue weighted by molar-refractivity contribution is 0.158. The Kier molecular flexibility index (Phi) is 2.93. The maximum absolute atomic E-state index is 9.59. The second-order valence-corrected chi connectivity index (χ2v) is 3.89. The van der Waals surface area contributed by atoms with Crippen LogP contribution >= 0.6 is 0 Å². The Morgan fingerprint density at radius 1 is 1.53 bits per heavy atom. The van der Waals surface area contributed by atoms with Crippen LogP contribution < -0.4 is 10.6 Å². The van der Waals surface area contributed by atoms with E-state index in [1.165, 1.54) is 12.8 Å². The molecule has 5 nitrogen and oxygen atoms in total. The van der Waals surface area contributed by atoms with Crippen molar-refractivity contribution in [2.24, 2.45) is 5.73 Å². The molecule has 84 valence electrons. The summed E-state index contributed by atoms with van der Waals surface area (Å²) in [5.74, 6) is 0.499. The number of hydrogen-bond donors (Lipinski definition) is 2. The van der Waals surface area contributed by atoms with E-state index in [0.29, 0.717) is 11.8 Å². The van der Waals surface area contributed by atoms with Gasteiger partial charge in [-0.15, -0.1) is 0 Å². The number of nitrogens with two attached hydrogens (primary N) is 1. The lowest BCUT2D eigenvalue weighted by Gasteiger charge is -2.11. The van der Waals surface area contributed by atoms with Crippen LogP contribution in [0, 0.1) is 6.92 Å². The van der Waals surface area contributed by atoms with Crippen LogP contribution in [0.1, 0.15) is 30.4 Å². The molecule has 1 aromatic heterocycles. The fraction of sp³-hybridized carbons (Fsp3) is 0.700. The van der Waals surface area contributed by atoms with Crippen molar-refractivity contribution in [3.05, 3.63) is 11.5 Å². The third kappa shape index (κ3) is 1.98. The molecule has 15 heavy (non-hydrogen) atoms. The molecule has 2 rings (SSSR count). The van der Waals surface area contributed by atoms with Crippen LogP contribution in [0.3, 0.4) is 0 Å². The van der Waals surface area contributed by atoms with Gasteiger partial charge in [-0.1, -0.05) is 0 Å². The highest BCUT2D eigenvalue weighted by molar-refractivity contribution is 5.31. The zero-order valence-corrected chi connectivity index (χ0v) is 8.94. The minimum atomic E-state index is -0.742. The number of nitrogens with zero attached hydrogens (tertiary/aromatic N) is 2. The standard InChI is InChI=1S/C10H17N3O2/c1-7-9(8(14)6-11)15-10(12-7)13-4-2-3-5-13/h8,14H,2-6,11H2,1H3. The normalized spacial score (nSPS) is 18.5. The van der Waals surface area contributed by atoms with Gasteiger partial charge in [0.05, 0.1) is 5.69 Å². The summed E-state index contributed by atoms with van der Waals surface area (Å²) in [4.78, 5) is 6.40. The monoisotopic (exact) mass is 211 g/mol. The van der Waals surface area contributed by atoms with Crippen LogP contribution in [-0.4, -0.2) is 29.7 Å². The van der Waals surface area contributed by atoms with Crippen molar-refractivity contribution in [3.8, 4) is 0 Å². The second kappa shape index (κ2) is 4.20. The number of rotatable bonds is 3. The molecule has 0 amide bonds. The van der Waals surface area contributed by atoms with E-state index < -0.39 is 6.10 Å². The lowest BCUT2D eigenvalue weighted by Crippen LogP contribution is -2.17. The summed E-state index contributed by atoms with van der Waals surface area (Å²) in [6, 6.07) is 0.618. The summed E-state index contributed by atoms with van der Waals surface area (Å²) < 4.78 is 5.54. The molecular weight excluding hydrogens is 194 g/mol. The number of aliphatic hydroxyl groups excluding tert-OH is 1. The molecule has 1 saturated heterocycles. The second-order valence-electron chi connectivity index (χ2n) is 3.89. The first kappa shape index (κ1) is 10.4. The predicted octanol–water partition coefficient (Wildman–Crippen LogP) is 0.575. The molecule has 1 atom stereocenters. The molecule has 0 bridgehead atoms. The van der Waals surface area contributed by atoms with E-state index in [1.807, 2.05) is 6.92 Å². The molecule has 1 aromatic rings. The molecular formula is C10H17N3O2. The first-order valence-electron chi connectivity index (χ1n) is 5.32. The number of hydrogen-bond acceptors (Lipinski definition) is 5. The summed E-state index contributed by atoms with van der Waals surface area (Å²) in [7, 11) is 0. The van der Waals surface area contributed by atoms with Crippen molar-refractivity contribution in [2.45, 2.75) is 25.9 Å². The van der Waals surface area contributed by atoms with E-state index in [2.05, 4.69) is 9.88 Å². The van der Waals surface area contributed by atoms with Gasteiger partial charge in [-0.25, -0.2) is 0 Å². The summed E-state index contributed by atoms with van der Waals surface area (Å²) in [5, 5.41) is 9.59. The smallest absolute Gasteiger partial charge is 0.297 e. The number of aromatic nitrogens is 1. The Bertz CT molecular complexity index is 331. The van der Waals surface area contributed by atoms with E-state index in [9.17, 15) is 5.11 Å². The third-order valence-electron chi connectivity index (χ3n) is 2.72. The van der Waals surface area contributed by atoms with Crippen molar-refractivity contribution in [3.63, 3.8) is 0 Å². The molecule has 2 heterocycles. The van der Waals surface area contributed by atoms with Crippen LogP contribution in [0.2, 0.25) is 0 Å². The maximum Gasteiger partial charge on any atom is 0.297 e. The van der Waals surface area contributed by atoms with Crippen LogP contribution in [0.25, 0.3) is 0 Å². The molecule has 1 aliphatic rings. The Morgan fingerprint density at radius 3 is 2.80 bits per heavy atom. The van der Waals surface area contributed by atoms with Crippen molar-refractivity contribution in [2.75, 3.05) is 24.5 Å². The van der Waals surface area contributed by atoms with Gasteiger partial charge in [0.15, 0.2) is 5.76 Å². The molecule has 0 radical (unpaired) electrons. The van der Waals surface area contributed by atoms with Crippen LogP contribution in [0.5, 0.6) is 0 Å². The first-order valence-corrected chi connectivity index (χ1v) is 5.32. The van der Waals surface area contributed by atoms with Crippen LogP contribution in [-0.2, 0) is 0 Å². The van der Waals surface area contributed by atoms with Gasteiger partial charge in [-0.3, -0.25) is 0 Å². The van der Waals surface area contributed by atoms with E-state index >= 15 is 0 Å². The molecule has 0 aromatic carbocycles. The van der Waals surface area contributed by atoms with Crippen LogP contribution in [0.15, 0.2) is 4.42 Å². The molecule has 3 N–H and O–H groups in total. The lowest BCUT2D eigenvalue weighted by atomic mass is 10.2. The van der Waals surface area contributed by atoms with Crippen molar-refractivity contribution >= 4 is 6.01 Å². The predicted molar refractivity (Wildman–Crippen MR) is 56.7 cm³/mol. The number of anilines is 1. The summed E-state index contributed by atoms with van der Waals surface area (Å²) in [5.41, 5.74) is 6.12. The highest BCUT2D eigenvalue weighted by atomic mass is 16.4. The highest BCUT2D eigenvalue weighted by Gasteiger charge is 2.22. The van der Waals surface area contributed by atoms with Gasteiger partial charge in [0.2, 0.25) is 0 Å². The van der Waals surface area contributed by atoms with Gasteiger partial charge in [0.1, 0.15) is 6.10 Å². The van der Waals surface area contributed by atoms with Crippen molar-refractivity contribution in [1.82, 2.24) is 4.98 Å². The number of aryl methyl sites for hydroxylation is 1. The molecule has 0 spiro atoms. The largest absolute Gasteiger partial charge is 0.425 e. The Morgan fingerprint density at radius 2 is 2.20 bits per heavy atom. The van der Waals surface area contributed by atoms with Crippen molar-refractivity contribution < 1.29 is 9.52 Å². The zero-order valence-electron chi connectivity index (χ0n) is 8.94. The highest BCUT2D eigenvalue weighted by Crippen LogP contribution is 2.25. The average Bonchev–Trinajstić information content (AvgIpc) is 2.84. The first-order chi connectivity index (χ1) is 7.22. The molecule has 5 heteroatoms. The van der Waals surface area contributed by atoms with E-state index in [1.54, 1.807) is 0 Å². The van der Waals surface area contributed by atoms with Gasteiger partial charge < -0.3 is 20.2 Å². The minimum absolute atomic E-state index is 0.162. The molecule has 0 aliphatic carbocycles. The fourth-order valence-electron chi connectivity index (χ4n) is 1.85.